The van der Waals surface area contributed by atoms with E-state index >= 15 is 0 Å². The molecule has 1 N–H and O–H groups in total. The molecule has 2 aromatic carbocycles. The van der Waals surface area contributed by atoms with Crippen LogP contribution in [0.4, 0.5) is 26.3 Å². The highest BCUT2D eigenvalue weighted by Gasteiger charge is 2.71. The summed E-state index contributed by atoms with van der Waals surface area (Å²) in [6.45, 7) is 3.55. The second-order valence-corrected chi connectivity index (χ2v) is 5.11. The van der Waals surface area contributed by atoms with Crippen LogP contribution in [0.15, 0.2) is 55.1 Å². The lowest BCUT2D eigenvalue weighted by Crippen LogP contribution is -2.53. The summed E-state index contributed by atoms with van der Waals surface area (Å²) in [5.41, 5.74) is -4.94. The van der Waals surface area contributed by atoms with E-state index in [1.54, 1.807) is 18.2 Å². The Labute approximate surface area is 133 Å². The molecule has 0 heterocycles. The minimum Gasteiger partial charge on any atom is -0.369 e. The molecule has 0 aliphatic carbocycles. The molecule has 0 radical (unpaired) electrons. The Morgan fingerprint density at radius 2 is 1.33 bits per heavy atom. The number of benzene rings is 2. The van der Waals surface area contributed by atoms with Gasteiger partial charge >= 0.3 is 12.4 Å². The third kappa shape index (κ3) is 3.03. The van der Waals surface area contributed by atoms with Crippen LogP contribution in [0.25, 0.3) is 17.2 Å². The molecule has 0 aliphatic rings. The summed E-state index contributed by atoms with van der Waals surface area (Å²) in [6, 6.07) is 10.00. The van der Waals surface area contributed by atoms with Gasteiger partial charge in [0.1, 0.15) is 0 Å². The molecule has 0 saturated carbocycles. The van der Waals surface area contributed by atoms with Gasteiger partial charge < -0.3 is 5.11 Å². The minimum absolute atomic E-state index is 0.120. The molecule has 0 aliphatic heterocycles. The Morgan fingerprint density at radius 3 is 1.79 bits per heavy atom. The monoisotopic (exact) mass is 346 g/mol. The van der Waals surface area contributed by atoms with E-state index in [0.717, 1.165) is 11.6 Å². The molecule has 0 amide bonds. The van der Waals surface area contributed by atoms with E-state index in [2.05, 4.69) is 6.58 Å². The molecule has 0 bridgehead atoms. The van der Waals surface area contributed by atoms with Crippen LogP contribution in [-0.2, 0) is 5.60 Å². The largest absolute Gasteiger partial charge is 0.430 e. The molecule has 24 heavy (non-hydrogen) atoms. The van der Waals surface area contributed by atoms with Gasteiger partial charge in [0.2, 0.25) is 0 Å². The van der Waals surface area contributed by atoms with Crippen LogP contribution < -0.4 is 0 Å². The number of alkyl halides is 6. The van der Waals surface area contributed by atoms with Crippen LogP contribution in [0.2, 0.25) is 0 Å². The van der Waals surface area contributed by atoms with Gasteiger partial charge in [-0.05, 0) is 22.8 Å². The number of hydrogen-bond acceptors (Lipinski definition) is 1. The van der Waals surface area contributed by atoms with Crippen molar-refractivity contribution < 1.29 is 31.4 Å². The average molecular weight is 346 g/mol. The van der Waals surface area contributed by atoms with E-state index in [-0.39, 0.29) is 5.56 Å². The maximum atomic E-state index is 12.9. The molecule has 128 valence electrons. The highest BCUT2D eigenvalue weighted by molar-refractivity contribution is 5.66. The third-order valence-corrected chi connectivity index (χ3v) is 3.58. The summed E-state index contributed by atoms with van der Waals surface area (Å²) in [7, 11) is 0. The molecule has 0 atom stereocenters. The van der Waals surface area contributed by atoms with Gasteiger partial charge in [0.15, 0.2) is 0 Å². The first-order chi connectivity index (χ1) is 11.0. The minimum atomic E-state index is -5.91. The Kier molecular flexibility index (Phi) is 4.50. The van der Waals surface area contributed by atoms with Crippen molar-refractivity contribution in [2.75, 3.05) is 0 Å². The molecule has 2 rings (SSSR count). The van der Waals surface area contributed by atoms with Crippen LogP contribution in [0.1, 0.15) is 11.1 Å². The number of aliphatic hydroxyl groups is 1. The van der Waals surface area contributed by atoms with E-state index in [4.69, 9.17) is 0 Å². The second kappa shape index (κ2) is 5.98. The van der Waals surface area contributed by atoms with Gasteiger partial charge in [-0.15, -0.1) is 0 Å². The van der Waals surface area contributed by atoms with Crippen molar-refractivity contribution in [3.63, 3.8) is 0 Å². The first-order valence-corrected chi connectivity index (χ1v) is 6.70. The van der Waals surface area contributed by atoms with Gasteiger partial charge in [0.25, 0.3) is 5.60 Å². The molecule has 0 aromatic heterocycles. The van der Waals surface area contributed by atoms with Gasteiger partial charge in [-0.3, -0.25) is 0 Å². The summed E-state index contributed by atoms with van der Waals surface area (Å²) in [5.74, 6) is 0. The van der Waals surface area contributed by atoms with E-state index in [9.17, 15) is 31.4 Å². The quantitative estimate of drug-likeness (QED) is 0.747. The second-order valence-electron chi connectivity index (χ2n) is 5.11. The fraction of sp³-hybridized carbons (Fsp3) is 0.176. The molecule has 0 spiro atoms. The van der Waals surface area contributed by atoms with Crippen molar-refractivity contribution in [1.82, 2.24) is 0 Å². The molecule has 7 heteroatoms. The fourth-order valence-electron chi connectivity index (χ4n) is 2.22. The van der Waals surface area contributed by atoms with E-state index < -0.39 is 23.5 Å². The van der Waals surface area contributed by atoms with Gasteiger partial charge in [0, 0.05) is 5.56 Å². The lowest BCUT2D eigenvalue weighted by Gasteiger charge is -2.32. The Balaban J connectivity index is 2.57. The van der Waals surface area contributed by atoms with Crippen LogP contribution in [0, 0.1) is 0 Å². The smallest absolute Gasteiger partial charge is 0.369 e. The van der Waals surface area contributed by atoms with Crippen molar-refractivity contribution in [2.45, 2.75) is 18.0 Å². The van der Waals surface area contributed by atoms with Crippen LogP contribution in [0.5, 0.6) is 0 Å². The number of halogens is 6. The van der Waals surface area contributed by atoms with Crippen molar-refractivity contribution in [3.8, 4) is 11.1 Å². The van der Waals surface area contributed by atoms with Crippen LogP contribution in [-0.4, -0.2) is 17.5 Å². The molecule has 0 saturated heterocycles. The van der Waals surface area contributed by atoms with Crippen LogP contribution >= 0.6 is 0 Å². The van der Waals surface area contributed by atoms with E-state index in [1.165, 1.54) is 18.2 Å². The Hall–Kier alpha value is -2.28. The van der Waals surface area contributed by atoms with Crippen molar-refractivity contribution >= 4 is 6.08 Å². The summed E-state index contributed by atoms with van der Waals surface area (Å²) >= 11 is 0. The van der Waals surface area contributed by atoms with Crippen molar-refractivity contribution in [1.29, 1.82) is 0 Å². The lowest BCUT2D eigenvalue weighted by atomic mass is 9.89. The van der Waals surface area contributed by atoms with Crippen LogP contribution in [0.3, 0.4) is 0 Å². The zero-order valence-electron chi connectivity index (χ0n) is 12.1. The normalized spacial score (nSPS) is 13.0. The van der Waals surface area contributed by atoms with Gasteiger partial charge in [-0.25, -0.2) is 0 Å². The molecular weight excluding hydrogens is 334 g/mol. The molecule has 2 aromatic rings. The summed E-state index contributed by atoms with van der Waals surface area (Å²) in [6.07, 6.45) is -10.3. The predicted octanol–water partition coefficient (Wildman–Crippen LogP) is 5.31. The SMILES string of the molecule is C=Cc1ccc(-c2cccc(C(O)(C(F)(F)F)C(F)(F)F)c2)cc1. The molecular formula is C17H12F6O. The summed E-state index contributed by atoms with van der Waals surface area (Å²) < 4.78 is 77.6. The maximum absolute atomic E-state index is 12.9. The zero-order valence-corrected chi connectivity index (χ0v) is 12.1. The summed E-state index contributed by atoms with van der Waals surface area (Å²) in [5, 5.41) is 9.45. The first-order valence-electron chi connectivity index (χ1n) is 6.70. The van der Waals surface area contributed by atoms with Crippen molar-refractivity contribution in [2.24, 2.45) is 0 Å². The lowest BCUT2D eigenvalue weighted by molar-refractivity contribution is -0.376. The first kappa shape index (κ1) is 18.1. The molecule has 0 unspecified atom stereocenters. The summed E-state index contributed by atoms with van der Waals surface area (Å²) in [4.78, 5) is 0. The molecule has 1 nitrogen and oxygen atoms in total. The van der Waals surface area contributed by atoms with Gasteiger partial charge in [-0.2, -0.15) is 26.3 Å². The Bertz CT molecular complexity index is 714. The van der Waals surface area contributed by atoms with E-state index in [0.29, 0.717) is 17.7 Å². The highest BCUT2D eigenvalue weighted by Crippen LogP contribution is 2.50. The van der Waals surface area contributed by atoms with Crippen molar-refractivity contribution in [3.05, 3.63) is 66.2 Å². The topological polar surface area (TPSA) is 20.2 Å². The van der Waals surface area contributed by atoms with E-state index in [1.807, 2.05) is 0 Å². The average Bonchev–Trinajstić information content (AvgIpc) is 2.52. The highest BCUT2D eigenvalue weighted by atomic mass is 19.4. The molecule has 0 fully saturated rings. The zero-order chi connectivity index (χ0) is 18.2. The Morgan fingerprint density at radius 1 is 0.792 bits per heavy atom. The van der Waals surface area contributed by atoms with Gasteiger partial charge in [0.05, 0.1) is 0 Å². The number of hydrogen-bond donors (Lipinski definition) is 1. The standard InChI is InChI=1S/C17H12F6O/c1-2-11-6-8-12(9-7-11)13-4-3-5-14(10-13)15(24,16(18,19)20)17(21,22)23/h2-10,24H,1H2. The third-order valence-electron chi connectivity index (χ3n) is 3.58. The fourth-order valence-corrected chi connectivity index (χ4v) is 2.22. The number of rotatable bonds is 3. The maximum Gasteiger partial charge on any atom is 0.430 e. The van der Waals surface area contributed by atoms with Gasteiger partial charge in [-0.1, -0.05) is 55.1 Å². The predicted molar refractivity (Wildman–Crippen MR) is 78.0 cm³/mol.